The molecule has 3 heterocycles. The second-order valence-electron chi connectivity index (χ2n) is 7.81. The van der Waals surface area contributed by atoms with Gasteiger partial charge in [-0.1, -0.05) is 6.07 Å². The largest absolute Gasteiger partial charge is 0.480 e. The number of pyridine rings is 1. The molecule has 0 aromatic carbocycles. The number of aromatic nitrogens is 2. The van der Waals surface area contributed by atoms with Crippen LogP contribution in [0, 0.1) is 0 Å². The minimum atomic E-state index is -1.06. The Kier molecular flexibility index (Phi) is 5.14. The molecule has 0 spiro atoms. The number of likely N-dealkylation sites (tertiary alicyclic amines) is 1. The molecular formula is C18H24BN3O5. The summed E-state index contributed by atoms with van der Waals surface area (Å²) in [5.41, 5.74) is 1.99. The Bertz CT molecular complexity index is 860. The van der Waals surface area contributed by atoms with Gasteiger partial charge in [0.15, 0.2) is 0 Å². The number of rotatable bonds is 4. The highest BCUT2D eigenvalue weighted by Gasteiger charge is 2.42. The average Bonchev–Trinajstić information content (AvgIpc) is 3.16. The van der Waals surface area contributed by atoms with E-state index >= 15 is 0 Å². The van der Waals surface area contributed by atoms with Crippen LogP contribution in [0.25, 0.3) is 5.65 Å². The first-order valence-corrected chi connectivity index (χ1v) is 8.91. The van der Waals surface area contributed by atoms with Crippen LogP contribution in [-0.2, 0) is 20.9 Å². The summed E-state index contributed by atoms with van der Waals surface area (Å²) in [5, 5.41) is 9.44. The maximum Gasteiger partial charge on any atom is 0.411 e. The first-order valence-electron chi connectivity index (χ1n) is 8.91. The van der Waals surface area contributed by atoms with Gasteiger partial charge >= 0.3 is 12.1 Å². The molecule has 144 valence electrons. The molecule has 0 unspecified atom stereocenters. The van der Waals surface area contributed by atoms with E-state index in [2.05, 4.69) is 4.98 Å². The summed E-state index contributed by atoms with van der Waals surface area (Å²) < 4.78 is 13.1. The van der Waals surface area contributed by atoms with Crippen molar-refractivity contribution in [2.75, 3.05) is 6.54 Å². The van der Waals surface area contributed by atoms with Crippen LogP contribution in [-0.4, -0.2) is 63.6 Å². The number of fused-ring (bicyclic) bond motifs is 1. The van der Waals surface area contributed by atoms with Crippen molar-refractivity contribution in [2.24, 2.45) is 0 Å². The molecule has 0 bridgehead atoms. The van der Waals surface area contributed by atoms with E-state index in [9.17, 15) is 14.7 Å². The molecule has 1 saturated heterocycles. The zero-order chi connectivity index (χ0) is 19.8. The van der Waals surface area contributed by atoms with Crippen molar-refractivity contribution < 1.29 is 24.2 Å². The standard InChI is InChI=1S/C18H24BN3O5/c1-18(2,3)27-17(25)22-9-12(7-14(22)16(23)24)26-10-11-8-21-6-4-5-13(19)15(21)20-11/h4-6,8,12,14H,7,9-10,19H2,1-3H3,(H,23,24)/t12-,14+/m1/s1. The van der Waals surface area contributed by atoms with Crippen LogP contribution >= 0.6 is 0 Å². The lowest BCUT2D eigenvalue weighted by Gasteiger charge is -2.26. The molecule has 9 heteroatoms. The van der Waals surface area contributed by atoms with Crippen LogP contribution in [0.1, 0.15) is 32.9 Å². The molecule has 2 aromatic rings. The van der Waals surface area contributed by atoms with Gasteiger partial charge < -0.3 is 19.0 Å². The predicted molar refractivity (Wildman–Crippen MR) is 101 cm³/mol. The highest BCUT2D eigenvalue weighted by molar-refractivity contribution is 6.36. The number of imidazole rings is 1. The SMILES string of the molecule is Bc1cccn2cc(CO[C@@H]3C[C@@H](C(=O)O)N(C(=O)OC(C)(C)C)C3)nc12. The number of carbonyl (C=O) groups is 2. The lowest BCUT2D eigenvalue weighted by Crippen LogP contribution is -2.43. The van der Waals surface area contributed by atoms with Crippen molar-refractivity contribution >= 4 is 31.0 Å². The van der Waals surface area contributed by atoms with Crippen molar-refractivity contribution in [1.82, 2.24) is 14.3 Å². The fourth-order valence-electron chi connectivity index (χ4n) is 3.15. The summed E-state index contributed by atoms with van der Waals surface area (Å²) in [6, 6.07) is 2.98. The molecule has 1 amide bonds. The molecule has 1 fully saturated rings. The van der Waals surface area contributed by atoms with Crippen LogP contribution < -0.4 is 5.46 Å². The summed E-state index contributed by atoms with van der Waals surface area (Å²) in [5.74, 6) is -1.06. The predicted octanol–water partition coefficient (Wildman–Crippen LogP) is 0.572. The summed E-state index contributed by atoms with van der Waals surface area (Å²) in [6.45, 7) is 5.67. The topological polar surface area (TPSA) is 93.4 Å². The van der Waals surface area contributed by atoms with E-state index in [-0.39, 0.29) is 25.7 Å². The maximum atomic E-state index is 12.3. The molecule has 2 aromatic heterocycles. The third-order valence-corrected chi connectivity index (χ3v) is 4.37. The average molecular weight is 373 g/mol. The second kappa shape index (κ2) is 7.23. The number of aliphatic carboxylic acids is 1. The van der Waals surface area contributed by atoms with Crippen LogP contribution in [0.3, 0.4) is 0 Å². The molecule has 2 atom stereocenters. The van der Waals surface area contributed by atoms with Crippen LogP contribution in [0.2, 0.25) is 0 Å². The Hall–Kier alpha value is -2.55. The Morgan fingerprint density at radius 1 is 1.41 bits per heavy atom. The Balaban J connectivity index is 1.65. The van der Waals surface area contributed by atoms with E-state index in [0.717, 1.165) is 16.8 Å². The molecule has 1 aliphatic rings. The number of hydrogen-bond acceptors (Lipinski definition) is 5. The highest BCUT2D eigenvalue weighted by atomic mass is 16.6. The number of hydrogen-bond donors (Lipinski definition) is 1. The minimum absolute atomic E-state index is 0.179. The smallest absolute Gasteiger partial charge is 0.411 e. The van der Waals surface area contributed by atoms with Gasteiger partial charge in [-0.3, -0.25) is 4.90 Å². The van der Waals surface area contributed by atoms with Crippen molar-refractivity contribution in [3.05, 3.63) is 30.2 Å². The molecule has 3 rings (SSSR count). The Labute approximate surface area is 158 Å². The number of carboxylic acids is 1. The van der Waals surface area contributed by atoms with Crippen LogP contribution in [0.15, 0.2) is 24.5 Å². The van der Waals surface area contributed by atoms with Crippen molar-refractivity contribution in [3.8, 4) is 0 Å². The van der Waals surface area contributed by atoms with E-state index in [0.29, 0.717) is 0 Å². The zero-order valence-corrected chi connectivity index (χ0v) is 16.0. The molecule has 0 aliphatic carbocycles. The van der Waals surface area contributed by atoms with E-state index in [1.807, 2.05) is 36.8 Å². The normalized spacial score (nSPS) is 20.2. The third-order valence-electron chi connectivity index (χ3n) is 4.37. The molecule has 1 aliphatic heterocycles. The minimum Gasteiger partial charge on any atom is -0.480 e. The van der Waals surface area contributed by atoms with E-state index in [1.165, 1.54) is 4.90 Å². The van der Waals surface area contributed by atoms with Crippen LogP contribution in [0.5, 0.6) is 0 Å². The highest BCUT2D eigenvalue weighted by Crippen LogP contribution is 2.24. The summed E-state index contributed by atoms with van der Waals surface area (Å²) in [4.78, 5) is 29.6. The monoisotopic (exact) mass is 373 g/mol. The molecule has 8 nitrogen and oxygen atoms in total. The molecule has 0 radical (unpaired) electrons. The van der Waals surface area contributed by atoms with E-state index in [1.54, 1.807) is 20.8 Å². The van der Waals surface area contributed by atoms with Gasteiger partial charge in [0.25, 0.3) is 0 Å². The number of nitrogens with zero attached hydrogens (tertiary/aromatic N) is 3. The first-order chi connectivity index (χ1) is 12.6. The quantitative estimate of drug-likeness (QED) is 0.788. The van der Waals surface area contributed by atoms with Gasteiger partial charge in [-0.05, 0) is 32.3 Å². The van der Waals surface area contributed by atoms with E-state index < -0.39 is 23.7 Å². The lowest BCUT2D eigenvalue weighted by molar-refractivity contribution is -0.142. The zero-order valence-electron chi connectivity index (χ0n) is 16.0. The Morgan fingerprint density at radius 2 is 2.15 bits per heavy atom. The van der Waals surface area contributed by atoms with Gasteiger partial charge in [-0.15, -0.1) is 0 Å². The number of carboxylic acid groups (broad SMARTS) is 1. The summed E-state index contributed by atoms with van der Waals surface area (Å²) >= 11 is 0. The molecule has 1 N–H and O–H groups in total. The maximum absolute atomic E-state index is 12.3. The van der Waals surface area contributed by atoms with Gasteiger partial charge in [0.2, 0.25) is 0 Å². The van der Waals surface area contributed by atoms with Gasteiger partial charge in [0.1, 0.15) is 25.1 Å². The van der Waals surface area contributed by atoms with Gasteiger partial charge in [-0.25, -0.2) is 14.6 Å². The Morgan fingerprint density at radius 3 is 2.78 bits per heavy atom. The summed E-state index contributed by atoms with van der Waals surface area (Å²) in [7, 11) is 1.99. The van der Waals surface area contributed by atoms with E-state index in [4.69, 9.17) is 9.47 Å². The lowest BCUT2D eigenvalue weighted by atomic mass is 9.98. The summed E-state index contributed by atoms with van der Waals surface area (Å²) in [6.07, 6.45) is 3.01. The number of amides is 1. The molecule has 27 heavy (non-hydrogen) atoms. The fourth-order valence-corrected chi connectivity index (χ4v) is 3.15. The molecule has 0 saturated carbocycles. The van der Waals surface area contributed by atoms with Crippen molar-refractivity contribution in [2.45, 2.75) is 51.5 Å². The van der Waals surface area contributed by atoms with Gasteiger partial charge in [-0.2, -0.15) is 0 Å². The second-order valence-corrected chi connectivity index (χ2v) is 7.81. The van der Waals surface area contributed by atoms with Crippen LogP contribution in [0.4, 0.5) is 4.79 Å². The van der Waals surface area contributed by atoms with Gasteiger partial charge in [0.05, 0.1) is 24.9 Å². The fraction of sp³-hybridized carbons (Fsp3) is 0.500. The number of ether oxygens (including phenoxy) is 2. The van der Waals surface area contributed by atoms with Crippen molar-refractivity contribution in [1.29, 1.82) is 0 Å². The van der Waals surface area contributed by atoms with Crippen molar-refractivity contribution in [3.63, 3.8) is 0 Å². The molecular weight excluding hydrogens is 349 g/mol. The number of carbonyl (C=O) groups excluding carboxylic acids is 1. The first kappa shape index (κ1) is 19.2. The van der Waals surface area contributed by atoms with Gasteiger partial charge in [0, 0.05) is 18.8 Å². The third kappa shape index (κ3) is 4.41.